The zero-order valence-corrected chi connectivity index (χ0v) is 10.3. The molecule has 2 N–H and O–H groups in total. The minimum atomic E-state index is -3.66. The summed E-state index contributed by atoms with van der Waals surface area (Å²) in [5.41, 5.74) is 1.04. The fourth-order valence-electron chi connectivity index (χ4n) is 1.34. The van der Waals surface area contributed by atoms with Gasteiger partial charge in [0.25, 0.3) is 0 Å². The van der Waals surface area contributed by atoms with Crippen LogP contribution >= 0.6 is 0 Å². The van der Waals surface area contributed by atoms with Gasteiger partial charge in [0, 0.05) is 12.1 Å². The molecule has 0 amide bonds. The van der Waals surface area contributed by atoms with Gasteiger partial charge in [-0.05, 0) is 24.1 Å². The van der Waals surface area contributed by atoms with E-state index >= 15 is 0 Å². The number of aryl methyl sites for hydroxylation is 1. The Balaban J connectivity index is 2.77. The van der Waals surface area contributed by atoms with Gasteiger partial charge in [0.15, 0.2) is 5.75 Å². The Morgan fingerprint density at radius 3 is 2.78 bits per heavy atom. The largest absolute Gasteiger partial charge is 0.481 e. The fourth-order valence-corrected chi connectivity index (χ4v) is 2.07. The third-order valence-electron chi connectivity index (χ3n) is 2.08. The van der Waals surface area contributed by atoms with Crippen LogP contribution < -0.4 is 4.72 Å². The summed E-state index contributed by atoms with van der Waals surface area (Å²) in [4.78, 5) is 10.4. The molecule has 6 nitrogen and oxygen atoms in total. The predicted molar refractivity (Wildman–Crippen MR) is 65.4 cm³/mol. The third-order valence-corrected chi connectivity index (χ3v) is 3.14. The van der Waals surface area contributed by atoms with Crippen molar-refractivity contribution in [2.75, 3.05) is 10.5 Å². The highest BCUT2D eigenvalue weighted by atomic mass is 32.2. The minimum Gasteiger partial charge on any atom is -0.481 e. The van der Waals surface area contributed by atoms with Crippen LogP contribution in [-0.2, 0) is 21.2 Å². The molecule has 0 spiro atoms. The van der Waals surface area contributed by atoms with Crippen LogP contribution in [0.1, 0.15) is 12.0 Å². The molecule has 96 valence electrons. The Hall–Kier alpha value is -2.07. The number of carboxylic acids is 1. The maximum absolute atomic E-state index is 11.3. The van der Waals surface area contributed by atoms with Gasteiger partial charge in [-0.3, -0.25) is 9.52 Å². The molecular formula is C11H12N2O4S. The van der Waals surface area contributed by atoms with Crippen LogP contribution in [0.15, 0.2) is 24.3 Å². The van der Waals surface area contributed by atoms with Gasteiger partial charge >= 0.3 is 5.97 Å². The van der Waals surface area contributed by atoms with Crippen LogP contribution in [0.4, 0.5) is 5.69 Å². The minimum absolute atomic E-state index is 0.0194. The van der Waals surface area contributed by atoms with Crippen molar-refractivity contribution in [3.05, 3.63) is 29.8 Å². The van der Waals surface area contributed by atoms with Gasteiger partial charge in [-0.1, -0.05) is 12.1 Å². The van der Waals surface area contributed by atoms with Crippen LogP contribution in [0.25, 0.3) is 0 Å². The number of rotatable bonds is 6. The molecule has 1 aromatic rings. The smallest absolute Gasteiger partial charge is 0.303 e. The first-order valence-corrected chi connectivity index (χ1v) is 6.76. The number of nitrogens with one attached hydrogen (secondary N) is 1. The van der Waals surface area contributed by atoms with Crippen molar-refractivity contribution in [1.29, 1.82) is 5.26 Å². The van der Waals surface area contributed by atoms with Gasteiger partial charge in [-0.25, -0.2) is 8.42 Å². The zero-order valence-electron chi connectivity index (χ0n) is 9.46. The maximum atomic E-state index is 11.3. The Morgan fingerprint density at radius 2 is 2.17 bits per heavy atom. The molecule has 0 aliphatic carbocycles. The number of aliphatic carboxylic acids is 1. The van der Waals surface area contributed by atoms with Crippen LogP contribution in [0.2, 0.25) is 0 Å². The van der Waals surface area contributed by atoms with E-state index in [9.17, 15) is 13.2 Å². The van der Waals surface area contributed by atoms with E-state index in [4.69, 9.17) is 10.4 Å². The number of anilines is 1. The average Bonchev–Trinajstić information content (AvgIpc) is 2.26. The second-order valence-electron chi connectivity index (χ2n) is 3.61. The molecule has 0 aromatic heterocycles. The summed E-state index contributed by atoms with van der Waals surface area (Å²) in [6.45, 7) is 0. The first-order chi connectivity index (χ1) is 8.43. The summed E-state index contributed by atoms with van der Waals surface area (Å²) >= 11 is 0. The number of carbonyl (C=O) groups is 1. The number of sulfonamides is 1. The lowest BCUT2D eigenvalue weighted by Gasteiger charge is -2.06. The maximum Gasteiger partial charge on any atom is 0.303 e. The van der Waals surface area contributed by atoms with Gasteiger partial charge in [0.1, 0.15) is 0 Å². The van der Waals surface area contributed by atoms with Crippen molar-refractivity contribution in [3.63, 3.8) is 0 Å². The van der Waals surface area contributed by atoms with E-state index in [-0.39, 0.29) is 6.42 Å². The topological polar surface area (TPSA) is 107 Å². The van der Waals surface area contributed by atoms with Crippen molar-refractivity contribution < 1.29 is 18.3 Å². The van der Waals surface area contributed by atoms with Gasteiger partial charge in [0.05, 0.1) is 6.07 Å². The lowest BCUT2D eigenvalue weighted by atomic mass is 10.1. The molecule has 1 aromatic carbocycles. The number of hydrogen-bond acceptors (Lipinski definition) is 4. The Bertz CT molecular complexity index is 575. The molecule has 0 unspecified atom stereocenters. The molecule has 0 fully saturated rings. The lowest BCUT2D eigenvalue weighted by molar-refractivity contribution is -0.136. The first-order valence-electron chi connectivity index (χ1n) is 5.11. The molecular weight excluding hydrogens is 256 g/mol. The quantitative estimate of drug-likeness (QED) is 0.799. The molecule has 0 aliphatic heterocycles. The average molecular weight is 268 g/mol. The number of carboxylic acid groups (broad SMARTS) is 1. The normalized spacial score (nSPS) is 10.6. The van der Waals surface area contributed by atoms with Gasteiger partial charge < -0.3 is 5.11 Å². The second-order valence-corrected chi connectivity index (χ2v) is 5.34. The highest BCUT2D eigenvalue weighted by Crippen LogP contribution is 2.13. The second kappa shape index (κ2) is 6.02. The van der Waals surface area contributed by atoms with E-state index in [1.165, 1.54) is 0 Å². The van der Waals surface area contributed by atoms with Crippen molar-refractivity contribution in [3.8, 4) is 6.07 Å². The van der Waals surface area contributed by atoms with E-state index in [1.54, 1.807) is 30.3 Å². The Kier molecular flexibility index (Phi) is 4.68. The zero-order chi connectivity index (χ0) is 13.6. The van der Waals surface area contributed by atoms with Crippen LogP contribution in [0.3, 0.4) is 0 Å². The molecule has 0 saturated carbocycles. The number of hydrogen-bond donors (Lipinski definition) is 2. The van der Waals surface area contributed by atoms with Crippen molar-refractivity contribution >= 4 is 21.7 Å². The van der Waals surface area contributed by atoms with Gasteiger partial charge in [0.2, 0.25) is 10.0 Å². The summed E-state index contributed by atoms with van der Waals surface area (Å²) in [6.07, 6.45) is 0.303. The molecule has 0 bridgehead atoms. The predicted octanol–water partition coefficient (Wildman–Crippen LogP) is 0.969. The summed E-state index contributed by atoms with van der Waals surface area (Å²) in [5.74, 6) is -1.53. The highest BCUT2D eigenvalue weighted by molar-refractivity contribution is 7.92. The molecule has 0 heterocycles. The number of nitrogens with zero attached hydrogens (tertiary/aromatic N) is 1. The number of benzene rings is 1. The molecule has 0 atom stereocenters. The molecule has 7 heteroatoms. The Morgan fingerprint density at radius 1 is 1.44 bits per heavy atom. The van der Waals surface area contributed by atoms with E-state index < -0.39 is 21.7 Å². The molecule has 0 aliphatic rings. The first kappa shape index (κ1) is 14.0. The van der Waals surface area contributed by atoms with Crippen molar-refractivity contribution in [1.82, 2.24) is 0 Å². The van der Waals surface area contributed by atoms with E-state index in [0.29, 0.717) is 12.1 Å². The van der Waals surface area contributed by atoms with Gasteiger partial charge in [-0.2, -0.15) is 5.26 Å². The summed E-state index contributed by atoms with van der Waals surface area (Å²) in [7, 11) is -3.66. The molecule has 18 heavy (non-hydrogen) atoms. The Labute approximate surface area is 105 Å². The SMILES string of the molecule is N#CCS(=O)(=O)Nc1cccc(CCC(=O)O)c1. The van der Waals surface area contributed by atoms with Crippen molar-refractivity contribution in [2.45, 2.75) is 12.8 Å². The standard InChI is InChI=1S/C11H12N2O4S/c12-6-7-18(16,17)13-10-3-1-2-9(8-10)4-5-11(14)15/h1-3,8,13H,4-5,7H2,(H,14,15). The monoisotopic (exact) mass is 268 g/mol. The highest BCUT2D eigenvalue weighted by Gasteiger charge is 2.09. The van der Waals surface area contributed by atoms with Crippen LogP contribution in [-0.4, -0.2) is 25.2 Å². The molecule has 0 radical (unpaired) electrons. The van der Waals surface area contributed by atoms with E-state index in [1.807, 2.05) is 0 Å². The molecule has 1 rings (SSSR count). The summed E-state index contributed by atoms with van der Waals surface area (Å²) < 4.78 is 24.9. The fraction of sp³-hybridized carbons (Fsp3) is 0.273. The lowest BCUT2D eigenvalue weighted by Crippen LogP contribution is -2.15. The summed E-state index contributed by atoms with van der Waals surface area (Å²) in [6, 6.07) is 7.99. The van der Waals surface area contributed by atoms with E-state index in [2.05, 4.69) is 4.72 Å². The molecule has 0 saturated heterocycles. The number of nitriles is 1. The third kappa shape index (κ3) is 4.84. The van der Waals surface area contributed by atoms with Gasteiger partial charge in [-0.15, -0.1) is 0 Å². The van der Waals surface area contributed by atoms with Crippen LogP contribution in [0.5, 0.6) is 0 Å². The van der Waals surface area contributed by atoms with Crippen molar-refractivity contribution in [2.24, 2.45) is 0 Å². The summed E-state index contributed by atoms with van der Waals surface area (Å²) in [5, 5.41) is 16.9. The van der Waals surface area contributed by atoms with E-state index in [0.717, 1.165) is 5.56 Å². The van der Waals surface area contributed by atoms with Crippen LogP contribution in [0, 0.1) is 11.3 Å².